The molecule has 0 aliphatic heterocycles. The molecule has 4 rings (SSSR count). The Bertz CT molecular complexity index is 926. The van der Waals surface area contributed by atoms with Crippen LogP contribution in [0.15, 0.2) is 48.5 Å². The Balaban J connectivity index is 1.67. The Hall–Kier alpha value is -2.82. The van der Waals surface area contributed by atoms with Crippen molar-refractivity contribution in [1.82, 2.24) is 14.9 Å². The van der Waals surface area contributed by atoms with Crippen LogP contribution in [0.25, 0.3) is 11.0 Å². The highest BCUT2D eigenvalue weighted by molar-refractivity contribution is 5.81. The Morgan fingerprint density at radius 3 is 2.65 bits per heavy atom. The van der Waals surface area contributed by atoms with Crippen LogP contribution in [0.2, 0.25) is 0 Å². The van der Waals surface area contributed by atoms with Crippen LogP contribution >= 0.6 is 0 Å². The summed E-state index contributed by atoms with van der Waals surface area (Å²) in [5.74, 6) is 2.06. The summed E-state index contributed by atoms with van der Waals surface area (Å²) in [6.45, 7) is 2.70. The number of benzene rings is 2. The molecule has 1 amide bonds. The number of imidazole rings is 1. The van der Waals surface area contributed by atoms with Gasteiger partial charge in [0.05, 0.1) is 24.2 Å². The van der Waals surface area contributed by atoms with Crippen molar-refractivity contribution in [3.05, 3.63) is 59.9 Å². The fourth-order valence-electron chi connectivity index (χ4n) is 3.25. The lowest BCUT2D eigenvalue weighted by Gasteiger charge is -2.16. The van der Waals surface area contributed by atoms with Crippen LogP contribution in [-0.4, -0.2) is 22.6 Å². The first-order chi connectivity index (χ1) is 12.7. The summed E-state index contributed by atoms with van der Waals surface area (Å²) in [7, 11) is 1.67. The van der Waals surface area contributed by atoms with Gasteiger partial charge < -0.3 is 14.6 Å². The molecule has 0 bridgehead atoms. The van der Waals surface area contributed by atoms with Crippen molar-refractivity contribution >= 4 is 16.9 Å². The number of methoxy groups -OCH3 is 1. The highest BCUT2D eigenvalue weighted by atomic mass is 16.5. The largest absolute Gasteiger partial charge is 0.497 e. The van der Waals surface area contributed by atoms with Gasteiger partial charge in [-0.3, -0.25) is 4.79 Å². The fraction of sp³-hybridized carbons (Fsp3) is 0.333. The van der Waals surface area contributed by atoms with Gasteiger partial charge in [-0.15, -0.1) is 0 Å². The van der Waals surface area contributed by atoms with Gasteiger partial charge >= 0.3 is 0 Å². The third kappa shape index (κ3) is 3.29. The van der Waals surface area contributed by atoms with Gasteiger partial charge in [0.1, 0.15) is 11.6 Å². The zero-order chi connectivity index (χ0) is 18.1. The number of ether oxygens (including phenoxy) is 1. The van der Waals surface area contributed by atoms with Gasteiger partial charge in [0, 0.05) is 12.5 Å². The molecule has 134 valence electrons. The molecular weight excluding hydrogens is 326 g/mol. The second-order valence-corrected chi connectivity index (χ2v) is 6.90. The van der Waals surface area contributed by atoms with E-state index in [2.05, 4.69) is 28.1 Å². The lowest BCUT2D eigenvalue weighted by molar-refractivity contribution is -0.123. The van der Waals surface area contributed by atoms with E-state index in [1.807, 2.05) is 37.3 Å². The van der Waals surface area contributed by atoms with E-state index in [1.54, 1.807) is 7.11 Å². The first-order valence-corrected chi connectivity index (χ1v) is 9.04. The summed E-state index contributed by atoms with van der Waals surface area (Å²) in [6.07, 6.45) is 2.00. The van der Waals surface area contributed by atoms with Crippen LogP contribution in [-0.2, 0) is 11.3 Å². The van der Waals surface area contributed by atoms with Crippen LogP contribution in [0.1, 0.15) is 37.2 Å². The van der Waals surface area contributed by atoms with Gasteiger partial charge in [0.15, 0.2) is 0 Å². The lowest BCUT2D eigenvalue weighted by Crippen LogP contribution is -2.29. The van der Waals surface area contributed by atoms with Crippen molar-refractivity contribution in [2.75, 3.05) is 7.11 Å². The number of carbonyl (C=O) groups excluding carboxylic acids is 1. The molecule has 1 saturated carbocycles. The third-order valence-corrected chi connectivity index (χ3v) is 4.88. The lowest BCUT2D eigenvalue weighted by atomic mass is 10.2. The molecule has 0 spiro atoms. The topological polar surface area (TPSA) is 56.1 Å². The van der Waals surface area contributed by atoms with Gasteiger partial charge in [-0.05, 0) is 49.6 Å². The van der Waals surface area contributed by atoms with Crippen molar-refractivity contribution < 1.29 is 9.53 Å². The number of nitrogens with one attached hydrogen (secondary N) is 1. The molecule has 1 aliphatic rings. The van der Waals surface area contributed by atoms with E-state index in [0.717, 1.165) is 41.0 Å². The molecule has 5 nitrogen and oxygen atoms in total. The Labute approximate surface area is 153 Å². The Kier molecular flexibility index (Phi) is 4.37. The van der Waals surface area contributed by atoms with E-state index in [9.17, 15) is 4.79 Å². The van der Waals surface area contributed by atoms with E-state index >= 15 is 0 Å². The van der Waals surface area contributed by atoms with Gasteiger partial charge in [-0.25, -0.2) is 4.98 Å². The van der Waals surface area contributed by atoms with Crippen LogP contribution in [0.5, 0.6) is 5.75 Å². The van der Waals surface area contributed by atoms with Crippen LogP contribution < -0.4 is 10.1 Å². The zero-order valence-electron chi connectivity index (χ0n) is 15.1. The number of nitrogens with zero attached hydrogens (tertiary/aromatic N) is 2. The zero-order valence-corrected chi connectivity index (χ0v) is 15.1. The Morgan fingerprint density at radius 2 is 1.96 bits per heavy atom. The summed E-state index contributed by atoms with van der Waals surface area (Å²) in [5.41, 5.74) is 3.19. The van der Waals surface area contributed by atoms with Crippen molar-refractivity contribution in [2.24, 2.45) is 5.92 Å². The predicted octanol–water partition coefficient (Wildman–Crippen LogP) is 3.68. The van der Waals surface area contributed by atoms with Crippen molar-refractivity contribution in [1.29, 1.82) is 0 Å². The minimum atomic E-state index is -0.131. The highest BCUT2D eigenvalue weighted by Gasteiger charge is 2.31. The number of para-hydroxylation sites is 2. The van der Waals surface area contributed by atoms with Gasteiger partial charge in [-0.2, -0.15) is 0 Å². The number of hydrogen-bond acceptors (Lipinski definition) is 3. The predicted molar refractivity (Wildman–Crippen MR) is 101 cm³/mol. The number of amides is 1. The standard InChI is InChI=1S/C21H23N3O2/c1-14(22-21(25)16-9-10-16)20-23-18-5-3-4-6-19(18)24(20)13-15-7-11-17(26-2)12-8-15/h3-8,11-12,14,16H,9-10,13H2,1-2H3,(H,22,25). The molecule has 1 aromatic heterocycles. The molecule has 3 aromatic rings. The quantitative estimate of drug-likeness (QED) is 0.738. The summed E-state index contributed by atoms with van der Waals surface area (Å²) >= 11 is 0. The second-order valence-electron chi connectivity index (χ2n) is 6.90. The monoisotopic (exact) mass is 349 g/mol. The van der Waals surface area contributed by atoms with Crippen LogP contribution in [0, 0.1) is 5.92 Å². The SMILES string of the molecule is COc1ccc(Cn2c(C(C)NC(=O)C3CC3)nc3ccccc32)cc1. The molecule has 1 fully saturated rings. The number of carbonyl (C=O) groups is 1. The second kappa shape index (κ2) is 6.83. The smallest absolute Gasteiger partial charge is 0.223 e. The Morgan fingerprint density at radius 1 is 1.23 bits per heavy atom. The average Bonchev–Trinajstić information content (AvgIpc) is 3.45. The molecule has 0 radical (unpaired) electrons. The third-order valence-electron chi connectivity index (χ3n) is 4.88. The summed E-state index contributed by atoms with van der Waals surface area (Å²) in [5, 5.41) is 3.12. The average molecular weight is 349 g/mol. The van der Waals surface area contributed by atoms with Gasteiger partial charge in [-0.1, -0.05) is 24.3 Å². The number of rotatable bonds is 6. The first kappa shape index (κ1) is 16.6. The highest BCUT2D eigenvalue weighted by Crippen LogP contribution is 2.30. The maximum Gasteiger partial charge on any atom is 0.223 e. The van der Waals surface area contributed by atoms with E-state index < -0.39 is 0 Å². The van der Waals surface area contributed by atoms with Gasteiger partial charge in [0.25, 0.3) is 0 Å². The maximum absolute atomic E-state index is 12.2. The van der Waals surface area contributed by atoms with Crippen LogP contribution in [0.4, 0.5) is 0 Å². The molecular formula is C21H23N3O2. The summed E-state index contributed by atoms with van der Waals surface area (Å²) < 4.78 is 7.43. The van der Waals surface area contributed by atoms with E-state index in [4.69, 9.17) is 9.72 Å². The number of aromatic nitrogens is 2. The van der Waals surface area contributed by atoms with E-state index in [0.29, 0.717) is 6.54 Å². The molecule has 1 heterocycles. The fourth-order valence-corrected chi connectivity index (χ4v) is 3.25. The van der Waals surface area contributed by atoms with Crippen molar-refractivity contribution in [3.8, 4) is 5.75 Å². The minimum Gasteiger partial charge on any atom is -0.497 e. The normalized spacial score (nSPS) is 15.0. The first-order valence-electron chi connectivity index (χ1n) is 9.04. The molecule has 1 atom stereocenters. The molecule has 0 saturated heterocycles. The molecule has 2 aromatic carbocycles. The molecule has 5 heteroatoms. The number of hydrogen-bond donors (Lipinski definition) is 1. The molecule has 1 unspecified atom stereocenters. The van der Waals surface area contributed by atoms with Crippen molar-refractivity contribution in [3.63, 3.8) is 0 Å². The summed E-state index contributed by atoms with van der Waals surface area (Å²) in [4.78, 5) is 17.0. The molecule has 1 N–H and O–H groups in total. The molecule has 26 heavy (non-hydrogen) atoms. The maximum atomic E-state index is 12.2. The number of fused-ring (bicyclic) bond motifs is 1. The minimum absolute atomic E-state index is 0.131. The van der Waals surface area contributed by atoms with E-state index in [1.165, 1.54) is 0 Å². The molecule has 1 aliphatic carbocycles. The van der Waals surface area contributed by atoms with Crippen LogP contribution in [0.3, 0.4) is 0 Å². The van der Waals surface area contributed by atoms with Crippen molar-refractivity contribution in [2.45, 2.75) is 32.4 Å². The van der Waals surface area contributed by atoms with Gasteiger partial charge in [0.2, 0.25) is 5.91 Å². The summed E-state index contributed by atoms with van der Waals surface area (Å²) in [6, 6.07) is 16.0. The van der Waals surface area contributed by atoms with E-state index in [-0.39, 0.29) is 17.9 Å².